The van der Waals surface area contributed by atoms with Gasteiger partial charge in [-0.3, -0.25) is 4.79 Å². The van der Waals surface area contributed by atoms with Crippen LogP contribution in [0.25, 0.3) is 0 Å². The molecule has 25 heavy (non-hydrogen) atoms. The Morgan fingerprint density at radius 1 is 1.00 bits per heavy atom. The number of halogens is 3. The first-order chi connectivity index (χ1) is 12.0. The Balaban J connectivity index is 1.69. The molecule has 0 aliphatic carbocycles. The number of hydrogen-bond donors (Lipinski definition) is 2. The van der Waals surface area contributed by atoms with Crippen molar-refractivity contribution in [1.82, 2.24) is 5.32 Å². The second-order valence-corrected chi connectivity index (χ2v) is 5.35. The molecule has 2 aromatic rings. The molecule has 0 bridgehead atoms. The Morgan fingerprint density at radius 2 is 1.72 bits per heavy atom. The van der Waals surface area contributed by atoms with Crippen LogP contribution in [0.4, 0.5) is 18.9 Å². The molecule has 0 aliphatic rings. The molecule has 0 aromatic heterocycles. The maximum absolute atomic E-state index is 13.4. The Labute approximate surface area is 144 Å². The summed E-state index contributed by atoms with van der Waals surface area (Å²) in [5.74, 6) is -3.53. The summed E-state index contributed by atoms with van der Waals surface area (Å²) in [6.45, 7) is 0.570. The van der Waals surface area contributed by atoms with E-state index in [9.17, 15) is 18.0 Å². The first-order valence-electron chi connectivity index (χ1n) is 7.78. The Morgan fingerprint density at radius 3 is 2.40 bits per heavy atom. The summed E-state index contributed by atoms with van der Waals surface area (Å²) >= 11 is 0. The molecule has 4 nitrogen and oxygen atoms in total. The van der Waals surface area contributed by atoms with E-state index >= 15 is 0 Å². The van der Waals surface area contributed by atoms with Crippen molar-refractivity contribution in [3.05, 3.63) is 59.4 Å². The van der Waals surface area contributed by atoms with E-state index in [1.807, 2.05) is 24.3 Å². The van der Waals surface area contributed by atoms with Crippen LogP contribution in [0, 0.1) is 17.5 Å². The molecule has 0 saturated carbocycles. The maximum atomic E-state index is 13.4. The fourth-order valence-electron chi connectivity index (χ4n) is 2.20. The summed E-state index contributed by atoms with van der Waals surface area (Å²) in [5.41, 5.74) is 0.882. The molecule has 0 saturated heterocycles. The fraction of sp³-hybridized carbons (Fsp3) is 0.278. The number of rotatable bonds is 8. The first-order valence-corrected chi connectivity index (χ1v) is 7.78. The highest BCUT2D eigenvalue weighted by Gasteiger charge is 2.13. The molecule has 0 radical (unpaired) electrons. The van der Waals surface area contributed by atoms with E-state index in [0.717, 1.165) is 23.4 Å². The van der Waals surface area contributed by atoms with Gasteiger partial charge in [-0.05, 0) is 36.2 Å². The number of nitrogens with one attached hydrogen (secondary N) is 2. The number of ether oxygens (including phenoxy) is 1. The third-order valence-corrected chi connectivity index (χ3v) is 3.60. The Hall–Kier alpha value is -2.70. The van der Waals surface area contributed by atoms with Crippen molar-refractivity contribution in [2.24, 2.45) is 0 Å². The molecule has 0 aliphatic heterocycles. The average molecular weight is 352 g/mol. The number of benzene rings is 2. The Kier molecular flexibility index (Phi) is 6.68. The zero-order valence-corrected chi connectivity index (χ0v) is 13.7. The van der Waals surface area contributed by atoms with Gasteiger partial charge in [-0.25, -0.2) is 13.2 Å². The van der Waals surface area contributed by atoms with Crippen LogP contribution in [0.15, 0.2) is 36.4 Å². The van der Waals surface area contributed by atoms with E-state index in [1.54, 1.807) is 7.11 Å². The maximum Gasteiger partial charge on any atom is 0.221 e. The lowest BCUT2D eigenvalue weighted by atomic mass is 10.1. The van der Waals surface area contributed by atoms with Crippen molar-refractivity contribution < 1.29 is 22.7 Å². The molecule has 7 heteroatoms. The Bertz CT molecular complexity index is 721. The van der Waals surface area contributed by atoms with Gasteiger partial charge >= 0.3 is 0 Å². The van der Waals surface area contributed by atoms with Gasteiger partial charge in [0.15, 0.2) is 17.5 Å². The molecule has 2 N–H and O–H groups in total. The van der Waals surface area contributed by atoms with Crippen molar-refractivity contribution in [3.8, 4) is 5.75 Å². The molecule has 2 aromatic carbocycles. The fourth-order valence-corrected chi connectivity index (χ4v) is 2.20. The topological polar surface area (TPSA) is 50.4 Å². The minimum atomic E-state index is -1.53. The minimum absolute atomic E-state index is 0.0844. The number of hydrogen-bond acceptors (Lipinski definition) is 3. The van der Waals surface area contributed by atoms with Gasteiger partial charge in [0, 0.05) is 19.5 Å². The van der Waals surface area contributed by atoms with E-state index in [-0.39, 0.29) is 24.6 Å². The number of methoxy groups -OCH3 is 1. The van der Waals surface area contributed by atoms with Gasteiger partial charge in [0.25, 0.3) is 0 Å². The summed E-state index contributed by atoms with van der Waals surface area (Å²) in [6.07, 6.45) is 0.752. The number of carbonyl (C=O) groups is 1. The van der Waals surface area contributed by atoms with Crippen LogP contribution in [0.1, 0.15) is 12.0 Å². The van der Waals surface area contributed by atoms with Gasteiger partial charge in [0.05, 0.1) is 12.8 Å². The molecule has 1 amide bonds. The van der Waals surface area contributed by atoms with Crippen molar-refractivity contribution >= 4 is 11.6 Å². The molecule has 134 valence electrons. The van der Waals surface area contributed by atoms with Gasteiger partial charge in [0.1, 0.15) is 5.75 Å². The highest BCUT2D eigenvalue weighted by atomic mass is 19.2. The molecule has 0 spiro atoms. The number of anilines is 1. The normalized spacial score (nSPS) is 10.4. The summed E-state index contributed by atoms with van der Waals surface area (Å²) in [7, 11) is 1.59. The molecule has 0 fully saturated rings. The minimum Gasteiger partial charge on any atom is -0.497 e. The van der Waals surface area contributed by atoms with E-state index in [4.69, 9.17) is 4.74 Å². The van der Waals surface area contributed by atoms with E-state index in [0.29, 0.717) is 13.0 Å². The summed E-state index contributed by atoms with van der Waals surface area (Å²) in [6, 6.07) is 9.44. The molecular formula is C18H19F3N2O2. The van der Waals surface area contributed by atoms with Crippen LogP contribution in [0.3, 0.4) is 0 Å². The lowest BCUT2D eigenvalue weighted by molar-refractivity contribution is -0.120. The molecule has 0 atom stereocenters. The van der Waals surface area contributed by atoms with Crippen molar-refractivity contribution in [1.29, 1.82) is 0 Å². The van der Waals surface area contributed by atoms with E-state index < -0.39 is 17.5 Å². The van der Waals surface area contributed by atoms with Crippen LogP contribution in [0.5, 0.6) is 5.75 Å². The van der Waals surface area contributed by atoms with Gasteiger partial charge in [-0.1, -0.05) is 12.1 Å². The summed E-state index contributed by atoms with van der Waals surface area (Å²) in [5, 5.41) is 5.32. The van der Waals surface area contributed by atoms with Crippen LogP contribution in [0.2, 0.25) is 0 Å². The van der Waals surface area contributed by atoms with Crippen LogP contribution in [-0.2, 0) is 11.2 Å². The zero-order chi connectivity index (χ0) is 18.2. The third-order valence-electron chi connectivity index (χ3n) is 3.60. The van der Waals surface area contributed by atoms with Gasteiger partial charge in [-0.2, -0.15) is 0 Å². The molecule has 0 unspecified atom stereocenters. The summed E-state index contributed by atoms with van der Waals surface area (Å²) in [4.78, 5) is 11.7. The van der Waals surface area contributed by atoms with E-state index in [1.165, 1.54) is 0 Å². The predicted octanol–water partition coefficient (Wildman–Crippen LogP) is 3.27. The second-order valence-electron chi connectivity index (χ2n) is 5.35. The first kappa shape index (κ1) is 18.6. The van der Waals surface area contributed by atoms with Crippen LogP contribution in [-0.4, -0.2) is 26.1 Å². The largest absolute Gasteiger partial charge is 0.497 e. The van der Waals surface area contributed by atoms with Crippen molar-refractivity contribution in [2.45, 2.75) is 12.8 Å². The quantitative estimate of drug-likeness (QED) is 0.717. The molecule has 2 rings (SSSR count). The van der Waals surface area contributed by atoms with Gasteiger partial charge in [0.2, 0.25) is 5.91 Å². The smallest absolute Gasteiger partial charge is 0.221 e. The predicted molar refractivity (Wildman–Crippen MR) is 89.1 cm³/mol. The average Bonchev–Trinajstić information content (AvgIpc) is 2.62. The van der Waals surface area contributed by atoms with Crippen molar-refractivity contribution in [2.75, 3.05) is 25.5 Å². The lowest BCUT2D eigenvalue weighted by Gasteiger charge is -2.09. The van der Waals surface area contributed by atoms with Gasteiger partial charge < -0.3 is 15.4 Å². The van der Waals surface area contributed by atoms with Crippen LogP contribution < -0.4 is 15.4 Å². The number of amides is 1. The zero-order valence-electron chi connectivity index (χ0n) is 13.7. The van der Waals surface area contributed by atoms with Gasteiger partial charge in [-0.15, -0.1) is 0 Å². The standard InChI is InChI=1S/C18H19F3N2O2/c1-25-13-4-2-12(3-5-13)8-10-23-16(24)9-11-22-15-7-6-14(19)17(20)18(15)21/h2-7,22H,8-11H2,1H3,(H,23,24). The molecular weight excluding hydrogens is 333 g/mol. The monoisotopic (exact) mass is 352 g/mol. The molecule has 0 heterocycles. The SMILES string of the molecule is COc1ccc(CCNC(=O)CCNc2ccc(F)c(F)c2F)cc1. The highest BCUT2D eigenvalue weighted by molar-refractivity contribution is 5.76. The van der Waals surface area contributed by atoms with Crippen molar-refractivity contribution in [3.63, 3.8) is 0 Å². The lowest BCUT2D eigenvalue weighted by Crippen LogP contribution is -2.27. The second kappa shape index (κ2) is 8.96. The highest BCUT2D eigenvalue weighted by Crippen LogP contribution is 2.19. The van der Waals surface area contributed by atoms with E-state index in [2.05, 4.69) is 10.6 Å². The number of carbonyl (C=O) groups excluding carboxylic acids is 1. The summed E-state index contributed by atoms with van der Waals surface area (Å²) < 4.78 is 44.4. The third kappa shape index (κ3) is 5.41. The van der Waals surface area contributed by atoms with Crippen LogP contribution >= 0.6 is 0 Å².